The molecule has 0 fully saturated rings. The molecule has 1 atom stereocenters. The van der Waals surface area contributed by atoms with Crippen LogP contribution < -0.4 is 5.73 Å². The summed E-state index contributed by atoms with van der Waals surface area (Å²) in [4.78, 5) is 4.25. The third-order valence-corrected chi connectivity index (χ3v) is 3.35. The molecule has 2 rings (SSSR count). The molecule has 2 N–H and O–H groups in total. The number of nitrogens with zero attached hydrogens (tertiary/aromatic N) is 2. The lowest BCUT2D eigenvalue weighted by atomic mass is 10.1. The zero-order valence-electron chi connectivity index (χ0n) is 9.40. The van der Waals surface area contributed by atoms with E-state index in [1.807, 2.05) is 17.7 Å². The molecule has 0 radical (unpaired) electrons. The quantitative estimate of drug-likeness (QED) is 0.947. The third kappa shape index (κ3) is 2.40. The van der Waals surface area contributed by atoms with Gasteiger partial charge in [0, 0.05) is 23.4 Å². The van der Waals surface area contributed by atoms with E-state index in [4.69, 9.17) is 5.73 Å². The lowest BCUT2D eigenvalue weighted by molar-refractivity contribution is 0.621. The number of aryl methyl sites for hydroxylation is 1. The van der Waals surface area contributed by atoms with Crippen molar-refractivity contribution in [2.45, 2.75) is 19.5 Å². The molecule has 0 saturated carbocycles. The Morgan fingerprint density at radius 1 is 1.53 bits per heavy atom. The van der Waals surface area contributed by atoms with Gasteiger partial charge in [0.05, 0.1) is 6.04 Å². The zero-order valence-corrected chi connectivity index (χ0v) is 11.0. The van der Waals surface area contributed by atoms with Crippen molar-refractivity contribution in [2.75, 3.05) is 0 Å². The van der Waals surface area contributed by atoms with Crippen LogP contribution in [0.25, 0.3) is 0 Å². The molecular weight excluding hydrogens is 285 g/mol. The minimum absolute atomic E-state index is 0.286. The van der Waals surface area contributed by atoms with Gasteiger partial charge in [-0.05, 0) is 24.6 Å². The maximum atomic E-state index is 13.0. The van der Waals surface area contributed by atoms with Crippen molar-refractivity contribution in [2.24, 2.45) is 5.73 Å². The SMILES string of the molecule is CCn1ccnc1C(N)c1ccc(F)cc1Br. The largest absolute Gasteiger partial charge is 0.334 e. The summed E-state index contributed by atoms with van der Waals surface area (Å²) in [7, 11) is 0. The van der Waals surface area contributed by atoms with Gasteiger partial charge < -0.3 is 10.3 Å². The Hall–Kier alpha value is -1.20. The maximum Gasteiger partial charge on any atom is 0.130 e. The Morgan fingerprint density at radius 2 is 2.29 bits per heavy atom. The predicted molar refractivity (Wildman–Crippen MR) is 68.0 cm³/mol. The highest BCUT2D eigenvalue weighted by Crippen LogP contribution is 2.26. The summed E-state index contributed by atoms with van der Waals surface area (Å²) in [5.41, 5.74) is 6.98. The summed E-state index contributed by atoms with van der Waals surface area (Å²) in [6, 6.07) is 4.13. The Bertz CT molecular complexity index is 524. The molecule has 1 heterocycles. The molecule has 0 saturated heterocycles. The first-order chi connectivity index (χ1) is 8.13. The first kappa shape index (κ1) is 12.3. The average Bonchev–Trinajstić information content (AvgIpc) is 2.76. The number of nitrogens with two attached hydrogens (primary N) is 1. The van der Waals surface area contributed by atoms with Crippen LogP contribution in [0.3, 0.4) is 0 Å². The van der Waals surface area contributed by atoms with Gasteiger partial charge in [0.2, 0.25) is 0 Å². The van der Waals surface area contributed by atoms with E-state index in [2.05, 4.69) is 20.9 Å². The molecule has 0 bridgehead atoms. The van der Waals surface area contributed by atoms with Crippen LogP contribution in [0.1, 0.15) is 24.4 Å². The van der Waals surface area contributed by atoms with Gasteiger partial charge in [-0.1, -0.05) is 22.0 Å². The number of halogens is 2. The highest BCUT2D eigenvalue weighted by molar-refractivity contribution is 9.10. The van der Waals surface area contributed by atoms with Gasteiger partial charge in [0.15, 0.2) is 0 Å². The third-order valence-electron chi connectivity index (χ3n) is 2.66. The van der Waals surface area contributed by atoms with Gasteiger partial charge in [-0.15, -0.1) is 0 Å². The van der Waals surface area contributed by atoms with E-state index in [1.54, 1.807) is 12.3 Å². The van der Waals surface area contributed by atoms with Crippen LogP contribution in [-0.2, 0) is 6.54 Å². The Balaban J connectivity index is 2.40. The fraction of sp³-hybridized carbons (Fsp3) is 0.250. The summed E-state index contributed by atoms with van der Waals surface area (Å²) in [5, 5.41) is 0. The van der Waals surface area contributed by atoms with Crippen molar-refractivity contribution in [3.63, 3.8) is 0 Å². The van der Waals surface area contributed by atoms with Gasteiger partial charge >= 0.3 is 0 Å². The van der Waals surface area contributed by atoms with Gasteiger partial charge in [0.1, 0.15) is 11.6 Å². The Kier molecular flexibility index (Phi) is 3.59. The average molecular weight is 298 g/mol. The fourth-order valence-electron chi connectivity index (χ4n) is 1.76. The Labute approximate surface area is 108 Å². The highest BCUT2D eigenvalue weighted by Gasteiger charge is 2.16. The van der Waals surface area contributed by atoms with Crippen LogP contribution in [0.2, 0.25) is 0 Å². The molecule has 2 aromatic rings. The van der Waals surface area contributed by atoms with Crippen LogP contribution in [0.15, 0.2) is 35.1 Å². The van der Waals surface area contributed by atoms with E-state index >= 15 is 0 Å². The number of benzene rings is 1. The molecule has 1 aromatic carbocycles. The molecule has 1 aromatic heterocycles. The van der Waals surface area contributed by atoms with E-state index in [1.165, 1.54) is 12.1 Å². The smallest absolute Gasteiger partial charge is 0.130 e. The number of rotatable bonds is 3. The zero-order chi connectivity index (χ0) is 12.4. The summed E-state index contributed by atoms with van der Waals surface area (Å²) in [6.07, 6.45) is 3.60. The van der Waals surface area contributed by atoms with Crippen molar-refractivity contribution in [3.8, 4) is 0 Å². The van der Waals surface area contributed by atoms with E-state index in [-0.39, 0.29) is 11.9 Å². The van der Waals surface area contributed by atoms with Crippen molar-refractivity contribution in [1.29, 1.82) is 0 Å². The molecule has 0 aliphatic heterocycles. The second kappa shape index (κ2) is 4.98. The molecule has 17 heavy (non-hydrogen) atoms. The molecule has 3 nitrogen and oxygen atoms in total. The van der Waals surface area contributed by atoms with Gasteiger partial charge in [-0.25, -0.2) is 9.37 Å². The molecule has 0 spiro atoms. The minimum atomic E-state index is -0.361. The molecule has 0 aliphatic carbocycles. The summed E-state index contributed by atoms with van der Waals surface area (Å²) in [5.74, 6) is 0.492. The fourth-order valence-corrected chi connectivity index (χ4v) is 2.36. The van der Waals surface area contributed by atoms with E-state index < -0.39 is 0 Å². The van der Waals surface area contributed by atoms with Crippen molar-refractivity contribution in [1.82, 2.24) is 9.55 Å². The molecule has 1 unspecified atom stereocenters. The summed E-state index contributed by atoms with van der Waals surface area (Å²) >= 11 is 3.32. The number of aromatic nitrogens is 2. The standard InChI is InChI=1S/C12H13BrFN3/c1-2-17-6-5-16-12(17)11(15)9-4-3-8(14)7-10(9)13/h3-7,11H,2,15H2,1H3. The van der Waals surface area contributed by atoms with Crippen LogP contribution >= 0.6 is 15.9 Å². The first-order valence-electron chi connectivity index (χ1n) is 5.35. The first-order valence-corrected chi connectivity index (χ1v) is 6.14. The molecule has 0 aliphatic rings. The van der Waals surface area contributed by atoms with Gasteiger partial charge in [-0.2, -0.15) is 0 Å². The van der Waals surface area contributed by atoms with Crippen molar-refractivity contribution < 1.29 is 4.39 Å². The predicted octanol–water partition coefficient (Wildman–Crippen LogP) is 2.85. The van der Waals surface area contributed by atoms with Gasteiger partial charge in [0.25, 0.3) is 0 Å². The van der Waals surface area contributed by atoms with E-state index in [9.17, 15) is 4.39 Å². The van der Waals surface area contributed by atoms with Crippen LogP contribution in [-0.4, -0.2) is 9.55 Å². The molecule has 90 valence electrons. The van der Waals surface area contributed by atoms with E-state index in [0.29, 0.717) is 4.47 Å². The second-order valence-electron chi connectivity index (χ2n) is 3.71. The van der Waals surface area contributed by atoms with Crippen molar-refractivity contribution in [3.05, 3.63) is 52.3 Å². The summed E-state index contributed by atoms with van der Waals surface area (Å²) in [6.45, 7) is 2.83. The molecular formula is C12H13BrFN3. The van der Waals surface area contributed by atoms with Crippen LogP contribution in [0, 0.1) is 5.82 Å². The van der Waals surface area contributed by atoms with Crippen LogP contribution in [0.4, 0.5) is 4.39 Å². The normalized spacial score (nSPS) is 12.7. The lowest BCUT2D eigenvalue weighted by Gasteiger charge is -2.15. The highest BCUT2D eigenvalue weighted by atomic mass is 79.9. The second-order valence-corrected chi connectivity index (χ2v) is 4.57. The monoisotopic (exact) mass is 297 g/mol. The lowest BCUT2D eigenvalue weighted by Crippen LogP contribution is -2.18. The maximum absolute atomic E-state index is 13.0. The topological polar surface area (TPSA) is 43.8 Å². The number of imidazole rings is 1. The molecule has 5 heteroatoms. The number of hydrogen-bond donors (Lipinski definition) is 1. The Morgan fingerprint density at radius 3 is 2.94 bits per heavy atom. The minimum Gasteiger partial charge on any atom is -0.334 e. The summed E-state index contributed by atoms with van der Waals surface area (Å²) < 4.78 is 15.6. The van der Waals surface area contributed by atoms with E-state index in [0.717, 1.165) is 17.9 Å². The molecule has 0 amide bonds. The van der Waals surface area contributed by atoms with Gasteiger partial charge in [-0.3, -0.25) is 0 Å². The van der Waals surface area contributed by atoms with Crippen LogP contribution in [0.5, 0.6) is 0 Å². The number of hydrogen-bond acceptors (Lipinski definition) is 2. The van der Waals surface area contributed by atoms with Crippen molar-refractivity contribution >= 4 is 15.9 Å².